The van der Waals surface area contributed by atoms with Gasteiger partial charge in [0.15, 0.2) is 0 Å². The van der Waals surface area contributed by atoms with Crippen LogP contribution in [0, 0.1) is 5.92 Å². The Hall–Kier alpha value is -1.65. The summed E-state index contributed by atoms with van der Waals surface area (Å²) in [6, 6.07) is 0. The predicted molar refractivity (Wildman–Crippen MR) is 68.6 cm³/mol. The molecule has 5 heteroatoms. The molecule has 1 aliphatic heterocycles. The highest BCUT2D eigenvalue weighted by Crippen LogP contribution is 2.19. The molecule has 0 N–H and O–H groups in total. The first kappa shape index (κ1) is 12.8. The Kier molecular flexibility index (Phi) is 4.12. The number of nitrogens with zero attached hydrogens (tertiary/aromatic N) is 3. The first-order chi connectivity index (χ1) is 8.70. The molecule has 1 fully saturated rings. The first-order valence-electron chi connectivity index (χ1n) is 6.44. The minimum Gasteiger partial charge on any atom is -0.462 e. The van der Waals surface area contributed by atoms with Crippen LogP contribution in [0.25, 0.3) is 0 Å². The number of aromatic nitrogens is 2. The van der Waals surface area contributed by atoms with Crippen molar-refractivity contribution in [1.82, 2.24) is 9.97 Å². The summed E-state index contributed by atoms with van der Waals surface area (Å²) in [5.74, 6) is 1.12. The normalized spacial score (nSPS) is 16.7. The van der Waals surface area contributed by atoms with Gasteiger partial charge in [-0.1, -0.05) is 6.92 Å². The average Bonchev–Trinajstić information content (AvgIpc) is 2.40. The predicted octanol–water partition coefficient (Wildman–Crippen LogP) is 1.89. The number of carbonyl (C=O) groups is 1. The van der Waals surface area contributed by atoms with Gasteiger partial charge in [-0.15, -0.1) is 0 Å². The minimum atomic E-state index is -0.365. The smallest absolute Gasteiger partial charge is 0.341 e. The van der Waals surface area contributed by atoms with E-state index in [9.17, 15) is 4.79 Å². The van der Waals surface area contributed by atoms with Gasteiger partial charge in [0.05, 0.1) is 12.2 Å². The van der Waals surface area contributed by atoms with Gasteiger partial charge in [-0.3, -0.25) is 0 Å². The third kappa shape index (κ3) is 2.97. The van der Waals surface area contributed by atoms with E-state index in [1.54, 1.807) is 19.3 Å². The van der Waals surface area contributed by atoms with Crippen LogP contribution >= 0.6 is 0 Å². The average molecular weight is 249 g/mol. The molecule has 0 atom stereocenters. The number of ether oxygens (including phenoxy) is 1. The highest BCUT2D eigenvalue weighted by Gasteiger charge is 2.18. The van der Waals surface area contributed by atoms with E-state index in [1.165, 1.54) is 12.8 Å². The maximum Gasteiger partial charge on any atom is 0.341 e. The summed E-state index contributed by atoms with van der Waals surface area (Å²) < 4.78 is 4.89. The quantitative estimate of drug-likeness (QED) is 0.766. The van der Waals surface area contributed by atoms with E-state index >= 15 is 0 Å². The van der Waals surface area contributed by atoms with Gasteiger partial charge < -0.3 is 9.64 Å². The van der Waals surface area contributed by atoms with Crippen LogP contribution in [0.4, 0.5) is 5.95 Å². The molecule has 1 aromatic rings. The molecule has 2 heterocycles. The summed E-state index contributed by atoms with van der Waals surface area (Å²) in [6.07, 6.45) is 5.42. The lowest BCUT2D eigenvalue weighted by atomic mass is 10.00. The van der Waals surface area contributed by atoms with Crippen molar-refractivity contribution in [3.63, 3.8) is 0 Å². The van der Waals surface area contributed by atoms with Gasteiger partial charge in [-0.2, -0.15) is 0 Å². The van der Waals surface area contributed by atoms with Crippen molar-refractivity contribution in [2.45, 2.75) is 26.7 Å². The molecular formula is C13H19N3O2. The molecule has 0 aliphatic carbocycles. The maximum atomic E-state index is 11.5. The third-order valence-electron chi connectivity index (χ3n) is 3.22. The van der Waals surface area contributed by atoms with Gasteiger partial charge in [0.2, 0.25) is 5.95 Å². The standard InChI is InChI=1S/C13H19N3O2/c1-3-18-12(17)11-8-14-13(15-9-11)16-6-4-10(2)5-7-16/h8-10H,3-7H2,1-2H3. The molecule has 1 aliphatic rings. The molecule has 1 saturated heterocycles. The van der Waals surface area contributed by atoms with E-state index in [2.05, 4.69) is 21.8 Å². The number of carbonyl (C=O) groups excluding carboxylic acids is 1. The van der Waals surface area contributed by atoms with Crippen LogP contribution in [0.5, 0.6) is 0 Å². The lowest BCUT2D eigenvalue weighted by Crippen LogP contribution is -2.34. The fourth-order valence-electron chi connectivity index (χ4n) is 2.01. The Morgan fingerprint density at radius 2 is 2.00 bits per heavy atom. The molecule has 0 unspecified atom stereocenters. The summed E-state index contributed by atoms with van der Waals surface area (Å²) in [7, 11) is 0. The fourth-order valence-corrected chi connectivity index (χ4v) is 2.01. The Morgan fingerprint density at radius 3 is 2.56 bits per heavy atom. The fraction of sp³-hybridized carbons (Fsp3) is 0.615. The van der Waals surface area contributed by atoms with E-state index in [0.29, 0.717) is 18.1 Å². The van der Waals surface area contributed by atoms with E-state index in [-0.39, 0.29) is 5.97 Å². The molecule has 0 spiro atoms. The molecule has 0 aromatic carbocycles. The Morgan fingerprint density at radius 1 is 1.39 bits per heavy atom. The second kappa shape index (κ2) is 5.80. The van der Waals surface area contributed by atoms with Gasteiger partial charge in [0, 0.05) is 25.5 Å². The van der Waals surface area contributed by atoms with Crippen LogP contribution in [0.1, 0.15) is 37.0 Å². The van der Waals surface area contributed by atoms with Gasteiger partial charge in [0.1, 0.15) is 0 Å². The van der Waals surface area contributed by atoms with E-state index in [4.69, 9.17) is 4.74 Å². The highest BCUT2D eigenvalue weighted by molar-refractivity contribution is 5.88. The molecule has 2 rings (SSSR count). The summed E-state index contributed by atoms with van der Waals surface area (Å²) in [6.45, 7) is 6.38. The van der Waals surface area contributed by atoms with Crippen molar-refractivity contribution in [1.29, 1.82) is 0 Å². The van der Waals surface area contributed by atoms with Crippen molar-refractivity contribution in [2.75, 3.05) is 24.6 Å². The first-order valence-corrected chi connectivity index (χ1v) is 6.44. The van der Waals surface area contributed by atoms with Crippen molar-refractivity contribution < 1.29 is 9.53 Å². The summed E-state index contributed by atoms with van der Waals surface area (Å²) in [5.41, 5.74) is 0.408. The summed E-state index contributed by atoms with van der Waals surface area (Å²) in [5, 5.41) is 0. The number of rotatable bonds is 3. The van der Waals surface area contributed by atoms with Crippen molar-refractivity contribution in [3.8, 4) is 0 Å². The third-order valence-corrected chi connectivity index (χ3v) is 3.22. The topological polar surface area (TPSA) is 55.3 Å². The number of esters is 1. The monoisotopic (exact) mass is 249 g/mol. The van der Waals surface area contributed by atoms with Crippen LogP contribution in [-0.4, -0.2) is 35.6 Å². The van der Waals surface area contributed by atoms with Crippen LogP contribution in [-0.2, 0) is 4.74 Å². The Balaban J connectivity index is 2.01. The highest BCUT2D eigenvalue weighted by atomic mass is 16.5. The SMILES string of the molecule is CCOC(=O)c1cnc(N2CCC(C)CC2)nc1. The lowest BCUT2D eigenvalue weighted by molar-refractivity contribution is 0.0525. The van der Waals surface area contributed by atoms with Crippen molar-refractivity contribution in [3.05, 3.63) is 18.0 Å². The van der Waals surface area contributed by atoms with Crippen molar-refractivity contribution >= 4 is 11.9 Å². The summed E-state index contributed by atoms with van der Waals surface area (Å²) >= 11 is 0. The molecular weight excluding hydrogens is 230 g/mol. The van der Waals surface area contributed by atoms with E-state index in [1.807, 2.05) is 0 Å². The molecule has 5 nitrogen and oxygen atoms in total. The molecule has 1 aromatic heterocycles. The van der Waals surface area contributed by atoms with Crippen LogP contribution < -0.4 is 4.90 Å². The van der Waals surface area contributed by atoms with Crippen LogP contribution in [0.2, 0.25) is 0 Å². The zero-order valence-corrected chi connectivity index (χ0v) is 10.9. The zero-order chi connectivity index (χ0) is 13.0. The molecule has 0 radical (unpaired) electrons. The summed E-state index contributed by atoms with van der Waals surface area (Å²) in [4.78, 5) is 22.1. The number of hydrogen-bond acceptors (Lipinski definition) is 5. The maximum absolute atomic E-state index is 11.5. The van der Waals surface area contributed by atoms with Gasteiger partial charge in [-0.05, 0) is 25.7 Å². The molecule has 98 valence electrons. The molecule has 18 heavy (non-hydrogen) atoms. The zero-order valence-electron chi connectivity index (χ0n) is 10.9. The minimum absolute atomic E-state index is 0.365. The second-order valence-electron chi connectivity index (χ2n) is 4.66. The second-order valence-corrected chi connectivity index (χ2v) is 4.66. The largest absolute Gasteiger partial charge is 0.462 e. The van der Waals surface area contributed by atoms with Gasteiger partial charge in [0.25, 0.3) is 0 Å². The van der Waals surface area contributed by atoms with Gasteiger partial charge in [-0.25, -0.2) is 14.8 Å². The number of anilines is 1. The van der Waals surface area contributed by atoms with Crippen LogP contribution in [0.15, 0.2) is 12.4 Å². The Labute approximate surface area is 107 Å². The Bertz CT molecular complexity index is 397. The number of hydrogen-bond donors (Lipinski definition) is 0. The number of piperidine rings is 1. The molecule has 0 saturated carbocycles. The van der Waals surface area contributed by atoms with Crippen LogP contribution in [0.3, 0.4) is 0 Å². The molecule has 0 bridgehead atoms. The van der Waals surface area contributed by atoms with Crippen molar-refractivity contribution in [2.24, 2.45) is 5.92 Å². The van der Waals surface area contributed by atoms with E-state index < -0.39 is 0 Å². The lowest BCUT2D eigenvalue weighted by Gasteiger charge is -2.30. The molecule has 0 amide bonds. The van der Waals surface area contributed by atoms with Gasteiger partial charge >= 0.3 is 5.97 Å². The van der Waals surface area contributed by atoms with E-state index in [0.717, 1.165) is 19.0 Å².